The molecule has 3 nitrogen and oxygen atoms in total. The van der Waals surface area contributed by atoms with Crippen molar-refractivity contribution in [2.24, 2.45) is 5.84 Å². The largest absolute Gasteiger partial charge is 0.271 e. The molecule has 0 aromatic carbocycles. The smallest absolute Gasteiger partial charge is 0.166 e. The lowest BCUT2D eigenvalue weighted by atomic mass is 10.3. The Morgan fingerprint density at radius 1 is 1.50 bits per heavy atom. The zero-order chi connectivity index (χ0) is 9.14. The van der Waals surface area contributed by atoms with Crippen LogP contribution in [0, 0.1) is 5.82 Å². The van der Waals surface area contributed by atoms with Crippen LogP contribution >= 0.6 is 23.2 Å². The third kappa shape index (κ3) is 2.04. The molecule has 0 bridgehead atoms. The summed E-state index contributed by atoms with van der Waals surface area (Å²) < 4.78 is 12.8. The molecular formula is C6H6Cl2FN3. The van der Waals surface area contributed by atoms with Gasteiger partial charge >= 0.3 is 0 Å². The van der Waals surface area contributed by atoms with Crippen molar-refractivity contribution in [1.29, 1.82) is 0 Å². The molecule has 66 valence electrons. The van der Waals surface area contributed by atoms with Crippen LogP contribution in [-0.4, -0.2) is 4.98 Å². The second kappa shape index (κ2) is 4.00. The summed E-state index contributed by atoms with van der Waals surface area (Å²) in [7, 11) is 0. The van der Waals surface area contributed by atoms with Crippen LogP contribution in [0.1, 0.15) is 5.56 Å². The third-order valence-corrected chi connectivity index (χ3v) is 1.84. The number of aromatic nitrogens is 1. The molecule has 0 spiro atoms. The summed E-state index contributed by atoms with van der Waals surface area (Å²) in [6, 6.07) is 1.19. The van der Waals surface area contributed by atoms with Crippen LogP contribution in [0.4, 0.5) is 4.39 Å². The maximum Gasteiger partial charge on any atom is 0.166 e. The molecule has 0 radical (unpaired) electrons. The van der Waals surface area contributed by atoms with Crippen LogP contribution in [0.3, 0.4) is 0 Å². The first-order valence-electron chi connectivity index (χ1n) is 3.09. The van der Waals surface area contributed by atoms with Gasteiger partial charge in [0, 0.05) is 12.1 Å². The van der Waals surface area contributed by atoms with Gasteiger partial charge in [-0.1, -0.05) is 23.2 Å². The zero-order valence-electron chi connectivity index (χ0n) is 5.94. The average Bonchev–Trinajstić information content (AvgIpc) is 2.01. The number of hydrazine groups is 1. The average molecular weight is 210 g/mol. The molecule has 1 aromatic heterocycles. The molecule has 1 rings (SSSR count). The Morgan fingerprint density at radius 2 is 2.17 bits per heavy atom. The fraction of sp³-hybridized carbons (Fsp3) is 0.167. The Hall–Kier alpha value is -0.420. The molecule has 0 saturated heterocycles. The Labute approximate surface area is 78.6 Å². The van der Waals surface area contributed by atoms with E-state index in [4.69, 9.17) is 29.0 Å². The summed E-state index contributed by atoms with van der Waals surface area (Å²) in [5.41, 5.74) is 2.81. The van der Waals surface area contributed by atoms with Crippen molar-refractivity contribution in [1.82, 2.24) is 10.4 Å². The van der Waals surface area contributed by atoms with Gasteiger partial charge in [0.1, 0.15) is 5.15 Å². The van der Waals surface area contributed by atoms with E-state index in [0.29, 0.717) is 5.56 Å². The lowest BCUT2D eigenvalue weighted by Crippen LogP contribution is -2.21. The van der Waals surface area contributed by atoms with Crippen LogP contribution < -0.4 is 11.3 Å². The highest BCUT2D eigenvalue weighted by molar-refractivity contribution is 6.32. The van der Waals surface area contributed by atoms with Gasteiger partial charge in [-0.05, 0) is 6.07 Å². The van der Waals surface area contributed by atoms with Gasteiger partial charge in [0.25, 0.3) is 0 Å². The van der Waals surface area contributed by atoms with E-state index in [-0.39, 0.29) is 16.9 Å². The van der Waals surface area contributed by atoms with Crippen molar-refractivity contribution >= 4 is 23.2 Å². The predicted molar refractivity (Wildman–Crippen MR) is 45.2 cm³/mol. The van der Waals surface area contributed by atoms with E-state index < -0.39 is 5.82 Å². The zero-order valence-corrected chi connectivity index (χ0v) is 7.45. The molecule has 3 N–H and O–H groups in total. The highest BCUT2D eigenvalue weighted by Gasteiger charge is 2.07. The van der Waals surface area contributed by atoms with Crippen LogP contribution in [-0.2, 0) is 6.54 Å². The molecule has 12 heavy (non-hydrogen) atoms. The van der Waals surface area contributed by atoms with E-state index in [1.807, 2.05) is 0 Å². The standard InChI is InChI=1S/C6H6Cl2FN3/c7-5-3(2-11-10)1-4(9)6(8)12-5/h1,11H,2,10H2. The highest BCUT2D eigenvalue weighted by atomic mass is 35.5. The van der Waals surface area contributed by atoms with Crippen molar-refractivity contribution in [3.05, 3.63) is 27.8 Å². The Morgan fingerprint density at radius 3 is 2.75 bits per heavy atom. The quantitative estimate of drug-likeness (QED) is 0.441. The fourth-order valence-electron chi connectivity index (χ4n) is 0.717. The normalized spacial score (nSPS) is 10.3. The first kappa shape index (κ1) is 9.67. The number of pyridine rings is 1. The first-order chi connectivity index (χ1) is 5.65. The van der Waals surface area contributed by atoms with E-state index in [0.717, 1.165) is 0 Å². The Kier molecular flexibility index (Phi) is 3.22. The van der Waals surface area contributed by atoms with Crippen LogP contribution in [0.15, 0.2) is 6.07 Å². The molecule has 0 amide bonds. The second-order valence-corrected chi connectivity index (χ2v) is 2.81. The summed E-state index contributed by atoms with van der Waals surface area (Å²) in [6.07, 6.45) is 0. The second-order valence-electron chi connectivity index (χ2n) is 2.09. The minimum Gasteiger partial charge on any atom is -0.271 e. The maximum atomic E-state index is 12.8. The van der Waals surface area contributed by atoms with Gasteiger partial charge in [-0.15, -0.1) is 0 Å². The molecule has 0 unspecified atom stereocenters. The molecular weight excluding hydrogens is 204 g/mol. The lowest BCUT2D eigenvalue weighted by molar-refractivity contribution is 0.615. The number of nitrogens with zero attached hydrogens (tertiary/aromatic N) is 1. The van der Waals surface area contributed by atoms with Crippen molar-refractivity contribution in [3.63, 3.8) is 0 Å². The Bertz CT molecular complexity index is 292. The lowest BCUT2D eigenvalue weighted by Gasteiger charge is -2.02. The van der Waals surface area contributed by atoms with Crippen molar-refractivity contribution in [3.8, 4) is 0 Å². The van der Waals surface area contributed by atoms with Gasteiger partial charge in [0.15, 0.2) is 11.0 Å². The SMILES string of the molecule is NNCc1cc(F)c(Cl)nc1Cl. The fourth-order valence-corrected chi connectivity index (χ4v) is 1.11. The number of nitrogens with one attached hydrogen (secondary N) is 1. The van der Waals surface area contributed by atoms with Gasteiger partial charge in [0.2, 0.25) is 0 Å². The van der Waals surface area contributed by atoms with E-state index in [1.165, 1.54) is 6.07 Å². The van der Waals surface area contributed by atoms with Crippen LogP contribution in [0.5, 0.6) is 0 Å². The molecule has 1 aromatic rings. The first-order valence-corrected chi connectivity index (χ1v) is 3.84. The number of hydrogen-bond acceptors (Lipinski definition) is 3. The van der Waals surface area contributed by atoms with E-state index in [9.17, 15) is 4.39 Å². The van der Waals surface area contributed by atoms with Crippen molar-refractivity contribution < 1.29 is 4.39 Å². The number of halogens is 3. The molecule has 0 aliphatic carbocycles. The summed E-state index contributed by atoms with van der Waals surface area (Å²) in [5.74, 6) is 4.42. The summed E-state index contributed by atoms with van der Waals surface area (Å²) in [5, 5.41) is -0.0832. The predicted octanol–water partition coefficient (Wildman–Crippen LogP) is 1.49. The summed E-state index contributed by atoms with van der Waals surface area (Å²) in [4.78, 5) is 3.55. The monoisotopic (exact) mass is 209 g/mol. The van der Waals surface area contributed by atoms with Gasteiger partial charge in [-0.25, -0.2) is 9.37 Å². The van der Waals surface area contributed by atoms with E-state index in [1.54, 1.807) is 0 Å². The molecule has 0 saturated carbocycles. The van der Waals surface area contributed by atoms with Crippen molar-refractivity contribution in [2.45, 2.75) is 6.54 Å². The summed E-state index contributed by atoms with van der Waals surface area (Å²) >= 11 is 11.0. The van der Waals surface area contributed by atoms with Crippen molar-refractivity contribution in [2.75, 3.05) is 0 Å². The van der Waals surface area contributed by atoms with E-state index >= 15 is 0 Å². The highest BCUT2D eigenvalue weighted by Crippen LogP contribution is 2.19. The number of hydrogen-bond donors (Lipinski definition) is 2. The molecule has 6 heteroatoms. The molecule has 0 atom stereocenters. The third-order valence-electron chi connectivity index (χ3n) is 1.25. The molecule has 1 heterocycles. The topological polar surface area (TPSA) is 50.9 Å². The van der Waals surface area contributed by atoms with Gasteiger partial charge in [-0.3, -0.25) is 11.3 Å². The van der Waals surface area contributed by atoms with Gasteiger partial charge in [0.05, 0.1) is 0 Å². The summed E-state index contributed by atoms with van der Waals surface area (Å²) in [6.45, 7) is 0.250. The minimum atomic E-state index is -0.605. The Balaban J connectivity index is 3.05. The number of nitrogens with two attached hydrogens (primary N) is 1. The maximum absolute atomic E-state index is 12.8. The molecule has 0 aliphatic rings. The number of rotatable bonds is 2. The minimum absolute atomic E-state index is 0.152. The van der Waals surface area contributed by atoms with Gasteiger partial charge < -0.3 is 0 Å². The molecule has 0 aliphatic heterocycles. The van der Waals surface area contributed by atoms with Gasteiger partial charge in [-0.2, -0.15) is 0 Å². The molecule has 0 fully saturated rings. The van der Waals surface area contributed by atoms with Crippen LogP contribution in [0.25, 0.3) is 0 Å². The van der Waals surface area contributed by atoms with Crippen LogP contribution in [0.2, 0.25) is 10.3 Å². The van der Waals surface area contributed by atoms with E-state index in [2.05, 4.69) is 10.4 Å².